The number of phenolic OH excluding ortho intramolecular Hbond substituents is 1. The normalized spacial score (nSPS) is 28.2. The first kappa shape index (κ1) is 29.9. The Hall–Kier alpha value is -3.62. The van der Waals surface area contributed by atoms with Crippen molar-refractivity contribution in [2.45, 2.75) is 57.2 Å². The number of hydrogen-bond acceptors (Lipinski definition) is 10. The number of rotatable bonds is 6. The number of nitrogens with zero attached hydrogens (tertiary/aromatic N) is 2. The Kier molecular flexibility index (Phi) is 7.31. The molecule has 11 nitrogen and oxygen atoms in total. The molecule has 4 aliphatic rings. The highest BCUT2D eigenvalue weighted by Crippen LogP contribution is 2.54. The number of carbonyl (C=O) groups is 3. The molecule has 1 saturated heterocycles. The average molecular weight is 596 g/mol. The SMILES string of the molecule is CCN(C)[C@@H]1C(O)=C(C(N)=O)C(=O)[C@@]2(O)C(O)=C3C(=O)c4c(O)cc(CN5CCCC5)c(OC(F)(F)F)c4C[C@H]3C[C@@H]12. The van der Waals surface area contributed by atoms with Crippen LogP contribution in [0.15, 0.2) is 28.7 Å². The minimum atomic E-state index is -5.12. The highest BCUT2D eigenvalue weighted by Gasteiger charge is 2.63. The number of likely N-dealkylation sites (N-methyl/N-ethyl adjacent to an activating group) is 1. The molecule has 0 unspecified atom stereocenters. The van der Waals surface area contributed by atoms with Gasteiger partial charge in [0.25, 0.3) is 5.91 Å². The summed E-state index contributed by atoms with van der Waals surface area (Å²) in [4.78, 5) is 42.8. The lowest BCUT2D eigenvalue weighted by molar-refractivity contribution is -0.275. The van der Waals surface area contributed by atoms with E-state index in [-0.39, 0.29) is 37.1 Å². The van der Waals surface area contributed by atoms with Crippen LogP contribution in [0.3, 0.4) is 0 Å². The molecule has 0 radical (unpaired) electrons. The molecule has 1 aromatic rings. The average Bonchev–Trinajstić information content (AvgIpc) is 3.40. The number of hydrogen-bond donors (Lipinski definition) is 5. The number of amides is 1. The minimum absolute atomic E-state index is 0.0327. The molecular formula is C28H32F3N3O8. The number of halogens is 3. The second-order valence-electron chi connectivity index (χ2n) is 11.3. The maximum Gasteiger partial charge on any atom is 0.573 e. The van der Waals surface area contributed by atoms with Crippen LogP contribution in [0, 0.1) is 11.8 Å². The zero-order valence-corrected chi connectivity index (χ0v) is 23.0. The Bertz CT molecular complexity index is 1430. The van der Waals surface area contributed by atoms with Crippen molar-refractivity contribution in [2.24, 2.45) is 17.6 Å². The molecule has 1 heterocycles. The quantitative estimate of drug-likeness (QED) is 0.306. The number of benzene rings is 1. The van der Waals surface area contributed by atoms with Gasteiger partial charge in [-0.15, -0.1) is 13.2 Å². The summed E-state index contributed by atoms with van der Waals surface area (Å²) in [5.41, 5.74) is 0.377. The van der Waals surface area contributed by atoms with Gasteiger partial charge in [-0.1, -0.05) is 6.92 Å². The number of primary amides is 1. The molecule has 5 rings (SSSR count). The van der Waals surface area contributed by atoms with Crippen LogP contribution in [0.4, 0.5) is 13.2 Å². The lowest BCUT2D eigenvalue weighted by Crippen LogP contribution is -2.64. The first-order chi connectivity index (χ1) is 19.6. The summed E-state index contributed by atoms with van der Waals surface area (Å²) in [6, 6.07) is -0.181. The van der Waals surface area contributed by atoms with Crippen LogP contribution in [0.2, 0.25) is 0 Å². The Morgan fingerprint density at radius 2 is 1.86 bits per heavy atom. The number of nitrogens with two attached hydrogens (primary N) is 1. The fourth-order valence-electron chi connectivity index (χ4n) is 7.01. The Labute approximate surface area is 238 Å². The summed E-state index contributed by atoms with van der Waals surface area (Å²) >= 11 is 0. The van der Waals surface area contributed by atoms with Crippen LogP contribution in [0.25, 0.3) is 0 Å². The van der Waals surface area contributed by atoms with E-state index in [0.717, 1.165) is 18.9 Å². The second-order valence-corrected chi connectivity index (χ2v) is 11.3. The lowest BCUT2D eigenvalue weighted by Gasteiger charge is -2.50. The number of phenols is 1. The highest BCUT2D eigenvalue weighted by atomic mass is 19.4. The third-order valence-corrected chi connectivity index (χ3v) is 8.98. The number of aliphatic hydroxyl groups excluding tert-OH is 2. The number of carbonyl (C=O) groups excluding carboxylic acids is 3. The van der Waals surface area contributed by atoms with Gasteiger partial charge < -0.3 is 30.9 Å². The third-order valence-electron chi connectivity index (χ3n) is 8.98. The van der Waals surface area contributed by atoms with Crippen molar-refractivity contribution in [3.8, 4) is 11.5 Å². The predicted molar refractivity (Wildman–Crippen MR) is 139 cm³/mol. The summed E-state index contributed by atoms with van der Waals surface area (Å²) in [6.07, 6.45) is -3.97. The molecule has 0 bridgehead atoms. The molecule has 1 aromatic carbocycles. The van der Waals surface area contributed by atoms with Gasteiger partial charge in [-0.25, -0.2) is 0 Å². The zero-order valence-electron chi connectivity index (χ0n) is 23.0. The molecule has 14 heteroatoms. The van der Waals surface area contributed by atoms with Crippen molar-refractivity contribution >= 4 is 17.5 Å². The van der Waals surface area contributed by atoms with Crippen molar-refractivity contribution in [3.63, 3.8) is 0 Å². The van der Waals surface area contributed by atoms with E-state index in [9.17, 15) is 48.0 Å². The van der Waals surface area contributed by atoms with Crippen molar-refractivity contribution in [1.29, 1.82) is 0 Å². The number of ketones is 2. The van der Waals surface area contributed by atoms with Gasteiger partial charge in [-0.2, -0.15) is 0 Å². The molecule has 3 aliphatic carbocycles. The van der Waals surface area contributed by atoms with E-state index in [4.69, 9.17) is 5.73 Å². The molecule has 0 aromatic heterocycles. The number of aromatic hydroxyl groups is 1. The first-order valence-corrected chi connectivity index (χ1v) is 13.7. The number of allylic oxidation sites excluding steroid dienone is 1. The molecule has 0 spiro atoms. The van der Waals surface area contributed by atoms with Crippen LogP contribution in [-0.2, 0) is 22.6 Å². The minimum Gasteiger partial charge on any atom is -0.510 e. The fraction of sp³-hybridized carbons (Fsp3) is 0.536. The topological polar surface area (TPSA) is 174 Å². The third kappa shape index (κ3) is 4.52. The van der Waals surface area contributed by atoms with Crippen LogP contribution in [0.1, 0.15) is 47.7 Å². The predicted octanol–water partition coefficient (Wildman–Crippen LogP) is 2.01. The van der Waals surface area contributed by atoms with E-state index in [2.05, 4.69) is 4.74 Å². The smallest absolute Gasteiger partial charge is 0.510 e. The summed E-state index contributed by atoms with van der Waals surface area (Å²) in [6.45, 7) is 3.26. The van der Waals surface area contributed by atoms with Gasteiger partial charge in [0.2, 0.25) is 5.78 Å². The molecule has 1 aliphatic heterocycles. The molecule has 6 N–H and O–H groups in total. The van der Waals surface area contributed by atoms with Gasteiger partial charge in [0.05, 0.1) is 11.6 Å². The Balaban J connectivity index is 1.69. The van der Waals surface area contributed by atoms with E-state index in [1.807, 2.05) is 4.90 Å². The van der Waals surface area contributed by atoms with E-state index in [1.165, 1.54) is 11.9 Å². The fourth-order valence-corrected chi connectivity index (χ4v) is 7.01. The molecule has 42 heavy (non-hydrogen) atoms. The van der Waals surface area contributed by atoms with Crippen LogP contribution < -0.4 is 10.5 Å². The first-order valence-electron chi connectivity index (χ1n) is 13.7. The van der Waals surface area contributed by atoms with Crippen LogP contribution >= 0.6 is 0 Å². The summed E-state index contributed by atoms with van der Waals surface area (Å²) in [5, 5.41) is 45.0. The van der Waals surface area contributed by atoms with Crippen LogP contribution in [-0.4, -0.2) is 92.4 Å². The molecular weight excluding hydrogens is 563 g/mol. The maximum absolute atomic E-state index is 13.8. The van der Waals surface area contributed by atoms with Crippen molar-refractivity contribution in [2.75, 3.05) is 26.7 Å². The monoisotopic (exact) mass is 595 g/mol. The second kappa shape index (κ2) is 10.3. The summed E-state index contributed by atoms with van der Waals surface area (Å²) in [5.74, 6) is -9.24. The van der Waals surface area contributed by atoms with E-state index < -0.39 is 87.0 Å². The Morgan fingerprint density at radius 1 is 1.21 bits per heavy atom. The lowest BCUT2D eigenvalue weighted by atomic mass is 9.58. The number of Topliss-reactive ketones (excluding diaryl/α,β-unsaturated/α-hetero) is 2. The number of alkyl halides is 3. The zero-order chi connectivity index (χ0) is 30.9. The van der Waals surface area contributed by atoms with Gasteiger partial charge in [0.1, 0.15) is 28.6 Å². The highest BCUT2D eigenvalue weighted by molar-refractivity contribution is 6.24. The number of ether oxygens (including phenoxy) is 1. The summed E-state index contributed by atoms with van der Waals surface area (Å²) < 4.78 is 45.4. The van der Waals surface area contributed by atoms with Gasteiger partial charge in [0.15, 0.2) is 11.4 Å². The molecule has 4 atom stereocenters. The van der Waals surface area contributed by atoms with E-state index >= 15 is 0 Å². The van der Waals surface area contributed by atoms with E-state index in [0.29, 0.717) is 13.1 Å². The molecule has 1 amide bonds. The number of fused-ring (bicyclic) bond motifs is 3. The summed E-state index contributed by atoms with van der Waals surface area (Å²) in [7, 11) is 1.53. The van der Waals surface area contributed by atoms with Gasteiger partial charge in [0, 0.05) is 29.2 Å². The van der Waals surface area contributed by atoms with Crippen molar-refractivity contribution in [1.82, 2.24) is 9.80 Å². The Morgan fingerprint density at radius 3 is 2.43 bits per heavy atom. The van der Waals surface area contributed by atoms with Crippen LogP contribution in [0.5, 0.6) is 11.5 Å². The maximum atomic E-state index is 13.8. The number of aliphatic hydroxyl groups is 3. The number of likely N-dealkylation sites (tertiary alicyclic amines) is 1. The molecule has 228 valence electrons. The van der Waals surface area contributed by atoms with Crippen molar-refractivity contribution in [3.05, 3.63) is 45.4 Å². The van der Waals surface area contributed by atoms with Gasteiger partial charge in [-0.3, -0.25) is 24.2 Å². The van der Waals surface area contributed by atoms with Gasteiger partial charge >= 0.3 is 6.36 Å². The van der Waals surface area contributed by atoms with Gasteiger partial charge in [-0.05, 0) is 64.3 Å². The van der Waals surface area contributed by atoms with E-state index in [1.54, 1.807) is 6.92 Å². The molecule has 0 saturated carbocycles. The standard InChI is InChI=1S/C28H32F3N3O8/c1-3-33(2)20-15-9-12-8-14-18(16(35)10-13(11-34-6-4-5-7-34)23(14)42-28(29,30)31)21(36)17(12)24(38)27(15,41)25(39)19(22(20)37)26(32)40/h10,12,15,20,35,37-38,41H,3-9,11H2,1-2H3,(H2,32,40)/t12-,15-,20-,27-/m0/s1. The van der Waals surface area contributed by atoms with Crippen molar-refractivity contribution < 1.29 is 52.7 Å². The molecule has 1 fully saturated rings. The largest absolute Gasteiger partial charge is 0.573 e.